The molecule has 110 valence electrons. The van der Waals surface area contributed by atoms with Crippen molar-refractivity contribution in [1.82, 2.24) is 10.6 Å². The van der Waals surface area contributed by atoms with Crippen molar-refractivity contribution in [1.29, 1.82) is 0 Å². The lowest BCUT2D eigenvalue weighted by Gasteiger charge is -2.16. The van der Waals surface area contributed by atoms with E-state index in [-0.39, 0.29) is 24.3 Å². The van der Waals surface area contributed by atoms with Gasteiger partial charge in [-0.3, -0.25) is 9.59 Å². The van der Waals surface area contributed by atoms with E-state index in [0.717, 1.165) is 10.4 Å². The van der Waals surface area contributed by atoms with Crippen molar-refractivity contribution in [3.63, 3.8) is 0 Å². The molecule has 1 aromatic heterocycles. The summed E-state index contributed by atoms with van der Waals surface area (Å²) in [6.07, 6.45) is 0.243. The molecule has 21 heavy (non-hydrogen) atoms. The van der Waals surface area contributed by atoms with Gasteiger partial charge in [0.2, 0.25) is 11.8 Å². The Hall–Kier alpha value is -2.14. The Bertz CT molecular complexity index is 582. The zero-order chi connectivity index (χ0) is 15.1. The fourth-order valence-electron chi connectivity index (χ4n) is 2.01. The van der Waals surface area contributed by atoms with Crippen LogP contribution in [0, 0.1) is 0 Å². The van der Waals surface area contributed by atoms with Gasteiger partial charge in [-0.1, -0.05) is 36.4 Å². The lowest BCUT2D eigenvalue weighted by molar-refractivity contribution is -0.122. The fourth-order valence-corrected chi connectivity index (χ4v) is 2.79. The molecule has 0 saturated carbocycles. The van der Waals surface area contributed by atoms with E-state index in [2.05, 4.69) is 10.6 Å². The summed E-state index contributed by atoms with van der Waals surface area (Å²) in [5, 5.41) is 7.64. The van der Waals surface area contributed by atoms with Crippen LogP contribution in [-0.4, -0.2) is 11.8 Å². The van der Waals surface area contributed by atoms with Crippen LogP contribution in [0.1, 0.15) is 29.8 Å². The smallest absolute Gasteiger partial charge is 0.222 e. The van der Waals surface area contributed by atoms with Gasteiger partial charge in [-0.2, -0.15) is 0 Å². The number of hydrogen-bond acceptors (Lipinski definition) is 3. The Balaban J connectivity index is 1.90. The number of nitrogens with one attached hydrogen (secondary N) is 2. The van der Waals surface area contributed by atoms with Gasteiger partial charge in [0.25, 0.3) is 0 Å². The van der Waals surface area contributed by atoms with Crippen molar-refractivity contribution in [3.8, 4) is 0 Å². The van der Waals surface area contributed by atoms with Gasteiger partial charge in [0, 0.05) is 18.3 Å². The maximum atomic E-state index is 12.0. The molecule has 4 nitrogen and oxygen atoms in total. The highest BCUT2D eigenvalue weighted by Crippen LogP contribution is 2.21. The third kappa shape index (κ3) is 5.04. The van der Waals surface area contributed by atoms with Crippen LogP contribution >= 0.6 is 11.3 Å². The van der Waals surface area contributed by atoms with Crippen LogP contribution in [0.3, 0.4) is 0 Å². The van der Waals surface area contributed by atoms with Crippen LogP contribution in [0.4, 0.5) is 0 Å². The first-order valence-corrected chi connectivity index (χ1v) is 7.64. The number of benzene rings is 1. The third-order valence-corrected chi connectivity index (χ3v) is 3.97. The van der Waals surface area contributed by atoms with Crippen molar-refractivity contribution >= 4 is 23.2 Å². The summed E-state index contributed by atoms with van der Waals surface area (Å²) < 4.78 is 0. The van der Waals surface area contributed by atoms with Crippen LogP contribution in [0.2, 0.25) is 0 Å². The highest BCUT2D eigenvalue weighted by atomic mass is 32.1. The van der Waals surface area contributed by atoms with Crippen molar-refractivity contribution in [2.24, 2.45) is 0 Å². The Morgan fingerprint density at radius 2 is 1.90 bits per heavy atom. The summed E-state index contributed by atoms with van der Waals surface area (Å²) >= 11 is 1.53. The topological polar surface area (TPSA) is 58.2 Å². The molecule has 1 heterocycles. The minimum Gasteiger partial charge on any atom is -0.352 e. The van der Waals surface area contributed by atoms with E-state index >= 15 is 0 Å². The largest absolute Gasteiger partial charge is 0.352 e. The van der Waals surface area contributed by atoms with Gasteiger partial charge in [0.1, 0.15) is 0 Å². The number of thiophene rings is 1. The Kier molecular flexibility index (Phi) is 5.51. The van der Waals surface area contributed by atoms with Gasteiger partial charge >= 0.3 is 0 Å². The minimum atomic E-state index is -0.265. The highest BCUT2D eigenvalue weighted by Gasteiger charge is 2.17. The number of hydrogen-bond donors (Lipinski definition) is 2. The maximum Gasteiger partial charge on any atom is 0.222 e. The standard InChI is InChI=1S/C16H18N2O2S/c1-12(19)18-14(15-8-5-9-21-15)10-16(20)17-11-13-6-3-2-4-7-13/h2-9,14H,10-11H2,1H3,(H,17,20)(H,18,19)/t14-/m1/s1. The minimum absolute atomic E-state index is 0.0778. The van der Waals surface area contributed by atoms with Gasteiger partial charge in [0.15, 0.2) is 0 Å². The molecule has 5 heteroatoms. The van der Waals surface area contributed by atoms with E-state index in [9.17, 15) is 9.59 Å². The van der Waals surface area contributed by atoms with Gasteiger partial charge in [-0.25, -0.2) is 0 Å². The van der Waals surface area contributed by atoms with E-state index in [4.69, 9.17) is 0 Å². The molecule has 0 bridgehead atoms. The normalized spacial score (nSPS) is 11.7. The molecule has 2 rings (SSSR count). The van der Waals surface area contributed by atoms with Crippen molar-refractivity contribution in [3.05, 3.63) is 58.3 Å². The SMILES string of the molecule is CC(=O)N[C@H](CC(=O)NCc1ccccc1)c1cccs1. The van der Waals surface area contributed by atoms with Crippen LogP contribution < -0.4 is 10.6 Å². The summed E-state index contributed by atoms with van der Waals surface area (Å²) in [7, 11) is 0. The monoisotopic (exact) mass is 302 g/mol. The second kappa shape index (κ2) is 7.59. The first-order valence-electron chi connectivity index (χ1n) is 6.76. The molecule has 1 aromatic carbocycles. The molecule has 0 unspecified atom stereocenters. The van der Waals surface area contributed by atoms with E-state index < -0.39 is 0 Å². The maximum absolute atomic E-state index is 12.0. The highest BCUT2D eigenvalue weighted by molar-refractivity contribution is 7.10. The zero-order valence-electron chi connectivity index (χ0n) is 11.8. The van der Waals surface area contributed by atoms with Gasteiger partial charge in [0.05, 0.1) is 12.5 Å². The van der Waals surface area contributed by atoms with E-state index in [1.807, 2.05) is 47.8 Å². The van der Waals surface area contributed by atoms with Crippen molar-refractivity contribution in [2.75, 3.05) is 0 Å². The molecule has 0 radical (unpaired) electrons. The second-order valence-electron chi connectivity index (χ2n) is 4.73. The average Bonchev–Trinajstić information content (AvgIpc) is 2.99. The van der Waals surface area contributed by atoms with E-state index in [1.54, 1.807) is 0 Å². The predicted octanol–water partition coefficient (Wildman–Crippen LogP) is 2.63. The lowest BCUT2D eigenvalue weighted by Crippen LogP contribution is -2.32. The van der Waals surface area contributed by atoms with Gasteiger partial charge in [-0.05, 0) is 17.0 Å². The van der Waals surface area contributed by atoms with Crippen molar-refractivity contribution in [2.45, 2.75) is 25.9 Å². The van der Waals surface area contributed by atoms with Crippen LogP contribution in [-0.2, 0) is 16.1 Å². The molecule has 0 aliphatic heterocycles. The summed E-state index contributed by atoms with van der Waals surface area (Å²) in [6, 6.07) is 13.3. The summed E-state index contributed by atoms with van der Waals surface area (Å²) in [5.74, 6) is -0.213. The lowest BCUT2D eigenvalue weighted by atomic mass is 10.1. The molecule has 0 spiro atoms. The van der Waals surface area contributed by atoms with Crippen LogP contribution in [0.25, 0.3) is 0 Å². The number of amides is 2. The second-order valence-corrected chi connectivity index (χ2v) is 5.71. The van der Waals surface area contributed by atoms with Crippen LogP contribution in [0.15, 0.2) is 47.8 Å². The fraction of sp³-hybridized carbons (Fsp3) is 0.250. The van der Waals surface area contributed by atoms with Crippen molar-refractivity contribution < 1.29 is 9.59 Å². The summed E-state index contributed by atoms with van der Waals surface area (Å²) in [4.78, 5) is 24.3. The Morgan fingerprint density at radius 3 is 2.52 bits per heavy atom. The molecule has 1 atom stereocenters. The number of rotatable bonds is 6. The molecule has 2 amide bonds. The Labute approximate surface area is 128 Å². The van der Waals surface area contributed by atoms with E-state index in [0.29, 0.717) is 6.54 Å². The Morgan fingerprint density at radius 1 is 1.14 bits per heavy atom. The van der Waals surface area contributed by atoms with Gasteiger partial charge < -0.3 is 10.6 Å². The van der Waals surface area contributed by atoms with Crippen LogP contribution in [0.5, 0.6) is 0 Å². The number of carbonyl (C=O) groups excluding carboxylic acids is 2. The first kappa shape index (κ1) is 15.3. The molecule has 2 N–H and O–H groups in total. The molecule has 0 aliphatic carbocycles. The summed E-state index contributed by atoms with van der Waals surface area (Å²) in [5.41, 5.74) is 1.05. The molecule has 0 saturated heterocycles. The third-order valence-electron chi connectivity index (χ3n) is 2.99. The predicted molar refractivity (Wildman–Crippen MR) is 83.8 cm³/mol. The zero-order valence-corrected chi connectivity index (χ0v) is 12.7. The molecule has 2 aromatic rings. The molecule has 0 fully saturated rings. The molecule has 0 aliphatic rings. The quantitative estimate of drug-likeness (QED) is 0.862. The molecular formula is C16H18N2O2S. The molecular weight excluding hydrogens is 284 g/mol. The van der Waals surface area contributed by atoms with Gasteiger partial charge in [-0.15, -0.1) is 11.3 Å². The van der Waals surface area contributed by atoms with E-state index in [1.165, 1.54) is 18.3 Å². The number of carbonyl (C=O) groups is 2. The average molecular weight is 302 g/mol. The first-order chi connectivity index (χ1) is 10.1. The summed E-state index contributed by atoms with van der Waals surface area (Å²) in [6.45, 7) is 1.96.